The first-order valence-corrected chi connectivity index (χ1v) is 4.07. The smallest absolute Gasteiger partial charge is 0.0657 e. The lowest BCUT2D eigenvalue weighted by Crippen LogP contribution is -2.02. The molecular formula is C10H10N2. The largest absolute Gasteiger partial charge is 0.381 e. The summed E-state index contributed by atoms with van der Waals surface area (Å²) in [4.78, 5) is 3.96. The molecule has 1 heterocycles. The summed E-state index contributed by atoms with van der Waals surface area (Å²) in [5, 5.41) is 3.35. The molecule has 60 valence electrons. The van der Waals surface area contributed by atoms with Crippen molar-refractivity contribution in [3.05, 3.63) is 24.0 Å². The number of terminal acetylenes is 1. The highest BCUT2D eigenvalue weighted by molar-refractivity contribution is 5.57. The van der Waals surface area contributed by atoms with E-state index in [4.69, 9.17) is 6.42 Å². The minimum Gasteiger partial charge on any atom is -0.381 e. The number of aromatic nitrogens is 1. The van der Waals surface area contributed by atoms with E-state index in [1.165, 1.54) is 12.8 Å². The minimum atomic E-state index is 0.638. The van der Waals surface area contributed by atoms with Crippen LogP contribution in [-0.4, -0.2) is 11.0 Å². The van der Waals surface area contributed by atoms with E-state index in [0.29, 0.717) is 6.04 Å². The predicted molar refractivity (Wildman–Crippen MR) is 48.8 cm³/mol. The molecule has 0 radical (unpaired) electrons. The first-order valence-electron chi connectivity index (χ1n) is 4.07. The van der Waals surface area contributed by atoms with Gasteiger partial charge in [0.1, 0.15) is 0 Å². The van der Waals surface area contributed by atoms with E-state index in [1.807, 2.05) is 6.07 Å². The van der Waals surface area contributed by atoms with Crippen molar-refractivity contribution in [1.29, 1.82) is 0 Å². The molecule has 12 heavy (non-hydrogen) atoms. The highest BCUT2D eigenvalue weighted by Gasteiger charge is 2.21. The SMILES string of the molecule is C#Cc1cnccc1NC1CC1. The fourth-order valence-electron chi connectivity index (χ4n) is 1.08. The molecule has 1 fully saturated rings. The number of rotatable bonds is 2. The van der Waals surface area contributed by atoms with Crippen LogP contribution in [0.25, 0.3) is 0 Å². The molecule has 0 aromatic carbocycles. The summed E-state index contributed by atoms with van der Waals surface area (Å²) in [5.41, 5.74) is 1.89. The van der Waals surface area contributed by atoms with Crippen molar-refractivity contribution < 1.29 is 0 Å². The highest BCUT2D eigenvalue weighted by atomic mass is 15.0. The third kappa shape index (κ3) is 1.40. The van der Waals surface area contributed by atoms with Crippen LogP contribution in [0.1, 0.15) is 18.4 Å². The van der Waals surface area contributed by atoms with E-state index in [2.05, 4.69) is 16.2 Å². The second kappa shape index (κ2) is 2.86. The van der Waals surface area contributed by atoms with Gasteiger partial charge >= 0.3 is 0 Å². The fraction of sp³-hybridized carbons (Fsp3) is 0.300. The minimum absolute atomic E-state index is 0.638. The van der Waals surface area contributed by atoms with Gasteiger partial charge in [0.25, 0.3) is 0 Å². The Labute approximate surface area is 72.0 Å². The first-order chi connectivity index (χ1) is 5.90. The van der Waals surface area contributed by atoms with E-state index in [0.717, 1.165) is 11.3 Å². The molecule has 0 bridgehead atoms. The van der Waals surface area contributed by atoms with Crippen LogP contribution in [0.15, 0.2) is 18.5 Å². The molecule has 0 amide bonds. The second-order valence-corrected chi connectivity index (χ2v) is 2.98. The Kier molecular flexibility index (Phi) is 1.71. The Morgan fingerprint density at radius 2 is 2.42 bits per heavy atom. The van der Waals surface area contributed by atoms with E-state index < -0.39 is 0 Å². The number of pyridine rings is 1. The van der Waals surface area contributed by atoms with Crippen LogP contribution in [0.3, 0.4) is 0 Å². The third-order valence-corrected chi connectivity index (χ3v) is 1.91. The molecule has 2 rings (SSSR count). The summed E-state index contributed by atoms with van der Waals surface area (Å²) in [7, 11) is 0. The van der Waals surface area contributed by atoms with E-state index in [9.17, 15) is 0 Å². The van der Waals surface area contributed by atoms with Gasteiger partial charge in [0, 0.05) is 18.4 Å². The summed E-state index contributed by atoms with van der Waals surface area (Å²) in [6, 6.07) is 2.56. The highest BCUT2D eigenvalue weighted by Crippen LogP contribution is 2.25. The van der Waals surface area contributed by atoms with Crippen molar-refractivity contribution in [1.82, 2.24) is 4.98 Å². The standard InChI is InChI=1S/C10H10N2/c1-2-8-7-11-6-5-10(8)12-9-3-4-9/h1,5-7,9H,3-4H2,(H,11,12). The van der Waals surface area contributed by atoms with Gasteiger partial charge in [-0.3, -0.25) is 4.98 Å². The van der Waals surface area contributed by atoms with Gasteiger partial charge < -0.3 is 5.32 Å². The number of hydrogen-bond donors (Lipinski definition) is 1. The Morgan fingerprint density at radius 1 is 1.58 bits per heavy atom. The molecule has 1 aromatic heterocycles. The molecule has 1 aliphatic rings. The lowest BCUT2D eigenvalue weighted by Gasteiger charge is -2.05. The van der Waals surface area contributed by atoms with Crippen LogP contribution in [0.4, 0.5) is 5.69 Å². The number of anilines is 1. The van der Waals surface area contributed by atoms with Crippen molar-refractivity contribution in [2.75, 3.05) is 5.32 Å². The average Bonchev–Trinajstić information content (AvgIpc) is 2.89. The van der Waals surface area contributed by atoms with Crippen LogP contribution in [0.5, 0.6) is 0 Å². The van der Waals surface area contributed by atoms with Crippen LogP contribution in [0, 0.1) is 12.3 Å². The Bertz CT molecular complexity index is 321. The zero-order chi connectivity index (χ0) is 8.39. The Balaban J connectivity index is 2.22. The molecule has 0 spiro atoms. The van der Waals surface area contributed by atoms with Gasteiger partial charge in [-0.2, -0.15) is 0 Å². The number of hydrogen-bond acceptors (Lipinski definition) is 2. The van der Waals surface area contributed by atoms with Gasteiger partial charge in [0.05, 0.1) is 11.3 Å². The van der Waals surface area contributed by atoms with Crippen LogP contribution in [0.2, 0.25) is 0 Å². The summed E-state index contributed by atoms with van der Waals surface area (Å²) >= 11 is 0. The molecule has 1 aromatic rings. The maximum Gasteiger partial charge on any atom is 0.0657 e. The number of nitrogens with one attached hydrogen (secondary N) is 1. The summed E-state index contributed by atoms with van der Waals surface area (Å²) in [6.07, 6.45) is 11.3. The molecule has 0 saturated heterocycles. The van der Waals surface area contributed by atoms with Gasteiger partial charge in [0.2, 0.25) is 0 Å². The molecular weight excluding hydrogens is 148 g/mol. The summed E-state index contributed by atoms with van der Waals surface area (Å²) in [6.45, 7) is 0. The molecule has 0 unspecified atom stereocenters. The summed E-state index contributed by atoms with van der Waals surface area (Å²) < 4.78 is 0. The van der Waals surface area contributed by atoms with Crippen molar-refractivity contribution in [2.45, 2.75) is 18.9 Å². The maximum absolute atomic E-state index is 5.32. The van der Waals surface area contributed by atoms with Crippen LogP contribution >= 0.6 is 0 Å². The molecule has 2 heteroatoms. The van der Waals surface area contributed by atoms with E-state index >= 15 is 0 Å². The Morgan fingerprint density at radius 3 is 3.08 bits per heavy atom. The average molecular weight is 158 g/mol. The van der Waals surface area contributed by atoms with Crippen molar-refractivity contribution in [2.24, 2.45) is 0 Å². The van der Waals surface area contributed by atoms with Crippen molar-refractivity contribution in [3.8, 4) is 12.3 Å². The van der Waals surface area contributed by atoms with Gasteiger partial charge in [-0.1, -0.05) is 5.92 Å². The van der Waals surface area contributed by atoms with Gasteiger partial charge in [-0.15, -0.1) is 6.42 Å². The van der Waals surface area contributed by atoms with Gasteiger partial charge in [-0.05, 0) is 18.9 Å². The van der Waals surface area contributed by atoms with Crippen LogP contribution in [-0.2, 0) is 0 Å². The monoisotopic (exact) mass is 158 g/mol. The van der Waals surface area contributed by atoms with Gasteiger partial charge in [0.15, 0.2) is 0 Å². The molecule has 1 aliphatic carbocycles. The lowest BCUT2D eigenvalue weighted by atomic mass is 10.2. The van der Waals surface area contributed by atoms with Crippen LogP contribution < -0.4 is 5.32 Å². The molecule has 1 N–H and O–H groups in total. The molecule has 1 saturated carbocycles. The predicted octanol–water partition coefficient (Wildman–Crippen LogP) is 1.64. The fourth-order valence-corrected chi connectivity index (χ4v) is 1.08. The normalized spacial score (nSPS) is 15.2. The third-order valence-electron chi connectivity index (χ3n) is 1.91. The van der Waals surface area contributed by atoms with Crippen molar-refractivity contribution in [3.63, 3.8) is 0 Å². The van der Waals surface area contributed by atoms with E-state index in [1.54, 1.807) is 12.4 Å². The lowest BCUT2D eigenvalue weighted by molar-refractivity contribution is 1.14. The molecule has 2 nitrogen and oxygen atoms in total. The van der Waals surface area contributed by atoms with E-state index in [-0.39, 0.29) is 0 Å². The van der Waals surface area contributed by atoms with Crippen molar-refractivity contribution >= 4 is 5.69 Å². The molecule has 0 atom stereocenters. The zero-order valence-corrected chi connectivity index (χ0v) is 6.75. The summed E-state index contributed by atoms with van der Waals surface area (Å²) in [5.74, 6) is 2.60. The maximum atomic E-state index is 5.32. The Hall–Kier alpha value is -1.49. The zero-order valence-electron chi connectivity index (χ0n) is 6.75. The topological polar surface area (TPSA) is 24.9 Å². The molecule has 0 aliphatic heterocycles. The quantitative estimate of drug-likeness (QED) is 0.662. The number of nitrogens with zero attached hydrogens (tertiary/aromatic N) is 1. The second-order valence-electron chi connectivity index (χ2n) is 2.98. The van der Waals surface area contributed by atoms with Gasteiger partial charge in [-0.25, -0.2) is 0 Å². The first kappa shape index (κ1) is 7.17.